The van der Waals surface area contributed by atoms with Gasteiger partial charge in [0, 0.05) is 24.7 Å². The Hall–Kier alpha value is -3.82. The Balaban J connectivity index is 1.23. The largest absolute Gasteiger partial charge is 0.382 e. The number of carbonyl (C=O) groups excluding carboxylic acids is 1. The van der Waals surface area contributed by atoms with Gasteiger partial charge >= 0.3 is 0 Å². The zero-order valence-corrected chi connectivity index (χ0v) is 20.7. The van der Waals surface area contributed by atoms with Gasteiger partial charge in [0.2, 0.25) is 21.6 Å². The number of aromatic nitrogens is 5. The van der Waals surface area contributed by atoms with Gasteiger partial charge in [-0.2, -0.15) is 9.52 Å². The quantitative estimate of drug-likeness (QED) is 0.296. The maximum atomic E-state index is 14.0. The van der Waals surface area contributed by atoms with Crippen molar-refractivity contribution >= 4 is 38.1 Å². The van der Waals surface area contributed by atoms with Crippen LogP contribution in [-0.4, -0.2) is 63.2 Å². The van der Waals surface area contributed by atoms with Crippen LogP contribution in [0.1, 0.15) is 28.1 Å². The highest BCUT2D eigenvalue weighted by atomic mass is 32.2. The average molecular weight is 547 g/mol. The summed E-state index contributed by atoms with van der Waals surface area (Å²) in [5.41, 5.74) is 5.81. The van der Waals surface area contributed by atoms with Gasteiger partial charge in [0.15, 0.2) is 5.13 Å². The monoisotopic (exact) mass is 546 g/mol. The van der Waals surface area contributed by atoms with Crippen LogP contribution in [0, 0.1) is 11.6 Å². The summed E-state index contributed by atoms with van der Waals surface area (Å²) in [6, 6.07) is 9.26. The van der Waals surface area contributed by atoms with Gasteiger partial charge in [-0.1, -0.05) is 17.4 Å². The molecule has 2 aromatic carbocycles. The highest BCUT2D eigenvalue weighted by Gasteiger charge is 2.30. The van der Waals surface area contributed by atoms with Crippen LogP contribution in [0.15, 0.2) is 47.4 Å². The number of nitrogens with one attached hydrogen (secondary N) is 2. The molecular weight excluding hydrogens is 526 g/mol. The summed E-state index contributed by atoms with van der Waals surface area (Å²) in [6.45, 7) is 0.527. The van der Waals surface area contributed by atoms with Gasteiger partial charge in [-0.05, 0) is 54.5 Å². The molecule has 0 spiro atoms. The molecule has 0 aliphatic carbocycles. The topological polar surface area (TPSA) is 160 Å². The second kappa shape index (κ2) is 9.91. The van der Waals surface area contributed by atoms with Gasteiger partial charge in [-0.15, -0.1) is 10.2 Å². The maximum absolute atomic E-state index is 14.0. The lowest BCUT2D eigenvalue weighted by molar-refractivity contribution is 0.103. The van der Waals surface area contributed by atoms with E-state index in [1.54, 1.807) is 12.1 Å². The third kappa shape index (κ3) is 4.92. The molecule has 11 nitrogen and oxygen atoms in total. The Kier molecular flexibility index (Phi) is 6.66. The van der Waals surface area contributed by atoms with Gasteiger partial charge in [0.25, 0.3) is 0 Å². The molecule has 0 atom stereocenters. The summed E-state index contributed by atoms with van der Waals surface area (Å²) < 4.78 is 55.7. The Bertz CT molecular complexity index is 1510. The minimum Gasteiger partial charge on any atom is -0.382 e. The Morgan fingerprint density at radius 1 is 1.11 bits per heavy atom. The van der Waals surface area contributed by atoms with Crippen LogP contribution in [0.25, 0.3) is 11.4 Å². The van der Waals surface area contributed by atoms with Crippen LogP contribution in [-0.2, 0) is 10.0 Å². The predicted octanol–water partition coefficient (Wildman–Crippen LogP) is 2.68. The first-order valence-electron chi connectivity index (χ1n) is 11.1. The van der Waals surface area contributed by atoms with E-state index in [4.69, 9.17) is 5.73 Å². The summed E-state index contributed by atoms with van der Waals surface area (Å²) in [4.78, 5) is 16.9. The van der Waals surface area contributed by atoms with Gasteiger partial charge in [0.05, 0.1) is 10.5 Å². The van der Waals surface area contributed by atoms with Crippen LogP contribution in [0.5, 0.6) is 0 Å². The zero-order chi connectivity index (χ0) is 26.2. The Morgan fingerprint density at radius 2 is 1.78 bits per heavy atom. The predicted molar refractivity (Wildman–Crippen MR) is 131 cm³/mol. The van der Waals surface area contributed by atoms with Crippen LogP contribution in [0.2, 0.25) is 0 Å². The van der Waals surface area contributed by atoms with E-state index in [1.165, 1.54) is 22.5 Å². The molecule has 15 heteroatoms. The van der Waals surface area contributed by atoms with Crippen molar-refractivity contribution < 1.29 is 22.0 Å². The highest BCUT2D eigenvalue weighted by molar-refractivity contribution is 7.89. The van der Waals surface area contributed by atoms with Crippen molar-refractivity contribution in [2.24, 2.45) is 0 Å². The number of hydrogen-bond acceptors (Lipinski definition) is 10. The normalized spacial score (nSPS) is 15.1. The van der Waals surface area contributed by atoms with E-state index >= 15 is 0 Å². The molecule has 1 aliphatic heterocycles. The molecule has 3 heterocycles. The summed E-state index contributed by atoms with van der Waals surface area (Å²) >= 11 is 0.898. The third-order valence-electron chi connectivity index (χ3n) is 5.93. The fourth-order valence-electron chi connectivity index (χ4n) is 4.01. The summed E-state index contributed by atoms with van der Waals surface area (Å²) in [7, 11) is -3.70. The van der Waals surface area contributed by atoms with Crippen LogP contribution >= 0.6 is 11.3 Å². The zero-order valence-electron chi connectivity index (χ0n) is 19.1. The summed E-state index contributed by atoms with van der Waals surface area (Å²) in [5.74, 6) is -2.62. The second-order valence-electron chi connectivity index (χ2n) is 8.24. The smallest absolute Gasteiger partial charge is 0.243 e. The molecule has 0 saturated carbocycles. The first kappa shape index (κ1) is 24.9. The minimum absolute atomic E-state index is 0.0734. The van der Waals surface area contributed by atoms with Crippen molar-refractivity contribution in [3.63, 3.8) is 0 Å². The molecule has 0 amide bonds. The van der Waals surface area contributed by atoms with Crippen molar-refractivity contribution in [2.75, 3.05) is 24.1 Å². The number of aromatic amines is 1. The van der Waals surface area contributed by atoms with Crippen LogP contribution < -0.4 is 11.1 Å². The number of H-pyrrole nitrogens is 1. The van der Waals surface area contributed by atoms with Crippen molar-refractivity contribution in [1.29, 1.82) is 0 Å². The first-order chi connectivity index (χ1) is 17.7. The molecule has 0 radical (unpaired) electrons. The van der Waals surface area contributed by atoms with E-state index in [2.05, 4.69) is 30.9 Å². The number of benzene rings is 2. The molecule has 1 fully saturated rings. The van der Waals surface area contributed by atoms with E-state index in [0.717, 1.165) is 23.5 Å². The number of halogens is 2. The molecular formula is C22H20F2N8O3S2. The number of rotatable bonds is 7. The van der Waals surface area contributed by atoms with Crippen LogP contribution in [0.4, 0.5) is 19.7 Å². The number of piperidine rings is 1. The fraction of sp³-hybridized carbons (Fsp3) is 0.227. The molecule has 192 valence electrons. The molecule has 4 aromatic rings. The molecule has 5 rings (SSSR count). The number of ketones is 1. The number of carbonyl (C=O) groups is 1. The second-order valence-corrected chi connectivity index (χ2v) is 11.2. The number of thiazole rings is 1. The number of anilines is 2. The van der Waals surface area contributed by atoms with E-state index in [0.29, 0.717) is 29.4 Å². The van der Waals surface area contributed by atoms with Crippen molar-refractivity contribution in [3.05, 3.63) is 64.5 Å². The standard InChI is InChI=1S/C22H20F2N8O3S2/c23-15-2-1-3-16(24)17(15)18(33)19-20(25)27-22(36-19)26-13-8-10-32(11-9-13)37(34,35)14-6-4-12(5-7-14)21-28-30-31-29-21/h1-7,13H,8-11,25H2,(H,26,27)(H,28,29,30,31). The van der Waals surface area contributed by atoms with E-state index in [9.17, 15) is 22.0 Å². The van der Waals surface area contributed by atoms with Gasteiger partial charge in [-0.3, -0.25) is 4.79 Å². The molecule has 1 aliphatic rings. The van der Waals surface area contributed by atoms with Crippen molar-refractivity contribution in [2.45, 2.75) is 23.8 Å². The molecule has 0 unspecified atom stereocenters. The third-order valence-corrected chi connectivity index (χ3v) is 8.84. The Morgan fingerprint density at radius 3 is 2.41 bits per heavy atom. The molecule has 4 N–H and O–H groups in total. The number of nitrogens with two attached hydrogens (primary N) is 1. The number of nitrogen functional groups attached to an aromatic ring is 1. The molecule has 0 bridgehead atoms. The number of tetrazole rings is 1. The number of hydrogen-bond donors (Lipinski definition) is 3. The highest BCUT2D eigenvalue weighted by Crippen LogP contribution is 2.31. The number of sulfonamides is 1. The lowest BCUT2D eigenvalue weighted by atomic mass is 10.1. The first-order valence-corrected chi connectivity index (χ1v) is 13.4. The average Bonchev–Trinajstić information content (AvgIpc) is 3.54. The van der Waals surface area contributed by atoms with Crippen molar-refractivity contribution in [3.8, 4) is 11.4 Å². The molecule has 37 heavy (non-hydrogen) atoms. The van der Waals surface area contributed by atoms with Crippen LogP contribution in [0.3, 0.4) is 0 Å². The van der Waals surface area contributed by atoms with E-state index < -0.39 is 33.0 Å². The minimum atomic E-state index is -3.70. The van der Waals surface area contributed by atoms with E-state index in [1.807, 2.05) is 0 Å². The molecule has 2 aromatic heterocycles. The lowest BCUT2D eigenvalue weighted by Crippen LogP contribution is -2.42. The van der Waals surface area contributed by atoms with E-state index in [-0.39, 0.29) is 34.7 Å². The summed E-state index contributed by atoms with van der Waals surface area (Å²) in [5, 5.41) is 17.1. The van der Waals surface area contributed by atoms with Crippen molar-refractivity contribution in [1.82, 2.24) is 29.9 Å². The Labute approximate surface area is 213 Å². The SMILES string of the molecule is Nc1nc(NC2CCN(S(=O)(=O)c3ccc(-c4nn[nH]n4)cc3)CC2)sc1C(=O)c1c(F)cccc1F. The van der Waals surface area contributed by atoms with Gasteiger partial charge in [0.1, 0.15) is 22.3 Å². The fourth-order valence-corrected chi connectivity index (χ4v) is 6.39. The number of nitrogens with zero attached hydrogens (tertiary/aromatic N) is 5. The lowest BCUT2D eigenvalue weighted by Gasteiger charge is -2.31. The van der Waals surface area contributed by atoms with Gasteiger partial charge < -0.3 is 11.1 Å². The maximum Gasteiger partial charge on any atom is 0.243 e. The summed E-state index contributed by atoms with van der Waals surface area (Å²) in [6.07, 6.45) is 0.954. The van der Waals surface area contributed by atoms with Gasteiger partial charge in [-0.25, -0.2) is 22.2 Å². The molecule has 1 saturated heterocycles.